The van der Waals surface area contributed by atoms with Gasteiger partial charge in [-0.15, -0.1) is 21.5 Å². The predicted molar refractivity (Wildman–Crippen MR) is 104 cm³/mol. The Morgan fingerprint density at radius 3 is 2.50 bits per heavy atom. The molecule has 0 saturated heterocycles. The molecule has 3 aromatic heterocycles. The van der Waals surface area contributed by atoms with E-state index < -0.39 is 0 Å². The van der Waals surface area contributed by atoms with Crippen LogP contribution >= 0.6 is 11.3 Å². The smallest absolute Gasteiger partial charge is 0.173 e. The van der Waals surface area contributed by atoms with E-state index in [1.165, 1.54) is 0 Å². The lowest BCUT2D eigenvalue weighted by Crippen LogP contribution is -1.92. The zero-order chi connectivity index (χ0) is 17.5. The van der Waals surface area contributed by atoms with Crippen molar-refractivity contribution < 1.29 is 4.74 Å². The van der Waals surface area contributed by atoms with Crippen LogP contribution in [0.15, 0.2) is 66.3 Å². The summed E-state index contributed by atoms with van der Waals surface area (Å²) in [6.07, 6.45) is 1.79. The van der Waals surface area contributed by atoms with Gasteiger partial charge in [-0.2, -0.15) is 0 Å². The molecule has 0 N–H and O–H groups in total. The fraction of sp³-hybridized carbons (Fsp3) is 0.0500. The Hall–Kier alpha value is -3.25. The average molecular weight is 358 g/mol. The van der Waals surface area contributed by atoms with Crippen LogP contribution in [0.1, 0.15) is 0 Å². The van der Waals surface area contributed by atoms with Gasteiger partial charge in [0.1, 0.15) is 16.9 Å². The zero-order valence-electron chi connectivity index (χ0n) is 14.0. The third-order valence-electron chi connectivity index (χ3n) is 4.41. The molecule has 3 heterocycles. The molecule has 0 radical (unpaired) electrons. The van der Waals surface area contributed by atoms with Crippen molar-refractivity contribution in [3.05, 3.63) is 66.3 Å². The minimum absolute atomic E-state index is 0.766. The Kier molecular flexibility index (Phi) is 3.43. The lowest BCUT2D eigenvalue weighted by atomic mass is 10.1. The fourth-order valence-electron chi connectivity index (χ4n) is 3.11. The van der Waals surface area contributed by atoms with Crippen molar-refractivity contribution in [3.63, 3.8) is 0 Å². The molecule has 6 heteroatoms. The minimum atomic E-state index is 0.766. The van der Waals surface area contributed by atoms with Gasteiger partial charge in [0.2, 0.25) is 0 Å². The molecule has 126 valence electrons. The second kappa shape index (κ2) is 5.93. The van der Waals surface area contributed by atoms with Crippen LogP contribution in [0.4, 0.5) is 0 Å². The number of thiophene rings is 1. The lowest BCUT2D eigenvalue weighted by Gasteiger charge is -2.03. The number of ether oxygens (including phenoxy) is 1. The van der Waals surface area contributed by atoms with E-state index in [0.29, 0.717) is 0 Å². The number of methoxy groups -OCH3 is 1. The van der Waals surface area contributed by atoms with Gasteiger partial charge in [-0.3, -0.25) is 4.40 Å². The first-order chi connectivity index (χ1) is 12.8. The van der Waals surface area contributed by atoms with Crippen molar-refractivity contribution in [1.29, 1.82) is 0 Å². The van der Waals surface area contributed by atoms with Gasteiger partial charge in [-0.1, -0.05) is 30.3 Å². The summed E-state index contributed by atoms with van der Waals surface area (Å²) in [5, 5.41) is 12.1. The van der Waals surface area contributed by atoms with E-state index in [1.807, 2.05) is 46.9 Å². The average Bonchev–Trinajstić information content (AvgIpc) is 3.32. The Bertz CT molecular complexity index is 1210. The van der Waals surface area contributed by atoms with Crippen LogP contribution in [0.5, 0.6) is 5.75 Å². The summed E-state index contributed by atoms with van der Waals surface area (Å²) in [6, 6.07) is 18.1. The Labute approximate surface area is 153 Å². The molecule has 5 nitrogen and oxygen atoms in total. The van der Waals surface area contributed by atoms with Crippen molar-refractivity contribution >= 4 is 27.2 Å². The van der Waals surface area contributed by atoms with Crippen molar-refractivity contribution in [3.8, 4) is 28.3 Å². The molecule has 0 spiro atoms. The third-order valence-corrected chi connectivity index (χ3v) is 5.30. The van der Waals surface area contributed by atoms with Gasteiger partial charge < -0.3 is 4.74 Å². The van der Waals surface area contributed by atoms with Gasteiger partial charge >= 0.3 is 0 Å². The van der Waals surface area contributed by atoms with Crippen LogP contribution < -0.4 is 4.74 Å². The van der Waals surface area contributed by atoms with Crippen molar-refractivity contribution in [2.24, 2.45) is 0 Å². The van der Waals surface area contributed by atoms with Gasteiger partial charge in [0.15, 0.2) is 11.5 Å². The summed E-state index contributed by atoms with van der Waals surface area (Å²) in [4.78, 5) is 5.59. The molecule has 0 saturated carbocycles. The number of benzene rings is 2. The molecule has 0 aliphatic rings. The van der Waals surface area contributed by atoms with E-state index in [2.05, 4.69) is 32.7 Å². The molecule has 0 aliphatic heterocycles. The van der Waals surface area contributed by atoms with Gasteiger partial charge in [-0.25, -0.2) is 4.98 Å². The molecule has 2 aromatic carbocycles. The SMILES string of the molecule is COc1ccc(-c2nnc3c4c(-c5ccccc5)csc4ncn23)cc1. The first-order valence-electron chi connectivity index (χ1n) is 8.16. The maximum Gasteiger partial charge on any atom is 0.173 e. The van der Waals surface area contributed by atoms with Crippen LogP contribution in [0.25, 0.3) is 38.4 Å². The second-order valence-corrected chi connectivity index (χ2v) is 6.74. The van der Waals surface area contributed by atoms with E-state index in [1.54, 1.807) is 24.8 Å². The summed E-state index contributed by atoms with van der Waals surface area (Å²) < 4.78 is 7.18. The van der Waals surface area contributed by atoms with Crippen LogP contribution in [-0.4, -0.2) is 26.7 Å². The van der Waals surface area contributed by atoms with Crippen molar-refractivity contribution in [2.75, 3.05) is 7.11 Å². The highest BCUT2D eigenvalue weighted by Gasteiger charge is 2.16. The van der Waals surface area contributed by atoms with Gasteiger partial charge in [-0.05, 0) is 29.8 Å². The topological polar surface area (TPSA) is 52.3 Å². The lowest BCUT2D eigenvalue weighted by molar-refractivity contribution is 0.415. The summed E-state index contributed by atoms with van der Waals surface area (Å²) >= 11 is 1.62. The summed E-state index contributed by atoms with van der Waals surface area (Å²) in [6.45, 7) is 0. The summed E-state index contributed by atoms with van der Waals surface area (Å²) in [5.41, 5.74) is 4.08. The molecule has 0 aliphatic carbocycles. The molecule has 0 amide bonds. The maximum absolute atomic E-state index is 5.23. The number of fused-ring (bicyclic) bond motifs is 3. The first-order valence-corrected chi connectivity index (χ1v) is 9.04. The number of rotatable bonds is 3. The summed E-state index contributed by atoms with van der Waals surface area (Å²) in [7, 11) is 1.66. The number of aromatic nitrogens is 4. The first kappa shape index (κ1) is 15.0. The fourth-order valence-corrected chi connectivity index (χ4v) is 4.02. The van der Waals surface area contributed by atoms with E-state index in [-0.39, 0.29) is 0 Å². The van der Waals surface area contributed by atoms with Crippen molar-refractivity contribution in [1.82, 2.24) is 19.6 Å². The van der Waals surface area contributed by atoms with Crippen LogP contribution in [-0.2, 0) is 0 Å². The largest absolute Gasteiger partial charge is 0.497 e. The number of nitrogens with zero attached hydrogens (tertiary/aromatic N) is 4. The second-order valence-electron chi connectivity index (χ2n) is 5.89. The van der Waals surface area contributed by atoms with E-state index >= 15 is 0 Å². The minimum Gasteiger partial charge on any atom is -0.497 e. The molecule has 0 unspecified atom stereocenters. The van der Waals surface area contributed by atoms with Crippen molar-refractivity contribution in [2.45, 2.75) is 0 Å². The summed E-state index contributed by atoms with van der Waals surface area (Å²) in [5.74, 6) is 1.58. The van der Waals surface area contributed by atoms with Gasteiger partial charge in [0, 0.05) is 16.5 Å². The monoisotopic (exact) mass is 358 g/mol. The van der Waals surface area contributed by atoms with Crippen LogP contribution in [0.3, 0.4) is 0 Å². The molecule has 5 rings (SSSR count). The van der Waals surface area contributed by atoms with Gasteiger partial charge in [0.25, 0.3) is 0 Å². The Balaban J connectivity index is 1.74. The Morgan fingerprint density at radius 1 is 0.923 bits per heavy atom. The number of hydrogen-bond donors (Lipinski definition) is 0. The van der Waals surface area contributed by atoms with Gasteiger partial charge in [0.05, 0.1) is 12.5 Å². The highest BCUT2D eigenvalue weighted by atomic mass is 32.1. The Morgan fingerprint density at radius 2 is 1.73 bits per heavy atom. The van der Waals surface area contributed by atoms with E-state index in [4.69, 9.17) is 4.74 Å². The molecule has 0 atom stereocenters. The van der Waals surface area contributed by atoms with Crippen LogP contribution in [0.2, 0.25) is 0 Å². The molecule has 26 heavy (non-hydrogen) atoms. The quantitative estimate of drug-likeness (QED) is 0.470. The zero-order valence-corrected chi connectivity index (χ0v) is 14.8. The standard InChI is InChI=1S/C20H14N4OS/c1-25-15-9-7-14(8-10-15)18-22-23-19-17-16(13-5-3-2-4-6-13)11-26-20(17)21-12-24(18)19/h2-12H,1H3. The van der Waals surface area contributed by atoms with E-state index in [9.17, 15) is 0 Å². The normalized spacial score (nSPS) is 11.3. The predicted octanol–water partition coefficient (Wildman–Crippen LogP) is 4.68. The molecular weight excluding hydrogens is 344 g/mol. The third kappa shape index (κ3) is 2.27. The number of hydrogen-bond acceptors (Lipinski definition) is 5. The molecule has 0 fully saturated rings. The molecule has 0 bridgehead atoms. The highest BCUT2D eigenvalue weighted by molar-refractivity contribution is 7.17. The van der Waals surface area contributed by atoms with Crippen LogP contribution in [0, 0.1) is 0 Å². The highest BCUT2D eigenvalue weighted by Crippen LogP contribution is 2.35. The van der Waals surface area contributed by atoms with E-state index in [0.717, 1.165) is 44.1 Å². The maximum atomic E-state index is 5.23. The molecular formula is C20H14N4OS. The molecule has 5 aromatic rings.